The lowest BCUT2D eigenvalue weighted by Crippen LogP contribution is -2.49. The van der Waals surface area contributed by atoms with Gasteiger partial charge in [-0.05, 0) is 47.9 Å². The zero-order chi connectivity index (χ0) is 25.8. The molecule has 0 atom stereocenters. The van der Waals surface area contributed by atoms with Crippen molar-refractivity contribution < 1.29 is 9.53 Å². The summed E-state index contributed by atoms with van der Waals surface area (Å²) in [7, 11) is 3.41. The largest absolute Gasteiger partial charge is 0.497 e. The summed E-state index contributed by atoms with van der Waals surface area (Å²) >= 11 is 0. The molecule has 1 fully saturated rings. The number of hydrogen-bond donors (Lipinski definition) is 3. The topological polar surface area (TPSA) is 122 Å². The molecule has 4 aromatic rings. The number of aromatic nitrogens is 3. The van der Waals surface area contributed by atoms with Crippen LogP contribution in [0.15, 0.2) is 60.9 Å². The summed E-state index contributed by atoms with van der Waals surface area (Å²) in [5.74, 6) is 1.98. The highest BCUT2D eigenvalue weighted by Crippen LogP contribution is 2.33. The normalized spacial score (nSPS) is 13.9. The number of benzene rings is 2. The minimum atomic E-state index is -0.0781. The number of amides is 1. The van der Waals surface area contributed by atoms with Gasteiger partial charge in [0.05, 0.1) is 25.0 Å². The number of nitrogen functional groups attached to an aromatic ring is 1. The van der Waals surface area contributed by atoms with E-state index in [9.17, 15) is 4.79 Å². The summed E-state index contributed by atoms with van der Waals surface area (Å²) < 4.78 is 5.44. The number of carbonyl (C=O) groups excluding carboxylic acids is 1. The molecular formula is C27H30N8O2. The molecule has 0 aliphatic carbocycles. The molecule has 4 N–H and O–H groups in total. The summed E-state index contributed by atoms with van der Waals surface area (Å²) in [4.78, 5) is 30.7. The van der Waals surface area contributed by atoms with E-state index in [1.165, 1.54) is 0 Å². The predicted molar refractivity (Wildman–Crippen MR) is 147 cm³/mol. The molecule has 2 aromatic heterocycles. The molecule has 5 rings (SSSR count). The van der Waals surface area contributed by atoms with Gasteiger partial charge in [-0.25, -0.2) is 15.0 Å². The average Bonchev–Trinajstić information content (AvgIpc) is 2.93. The number of hydrogen-bond acceptors (Lipinski definition) is 9. The number of methoxy groups -OCH3 is 1. The number of pyridine rings is 1. The quantitative estimate of drug-likeness (QED) is 0.353. The summed E-state index contributed by atoms with van der Waals surface area (Å²) in [5, 5.41) is 7.97. The summed E-state index contributed by atoms with van der Waals surface area (Å²) in [5.41, 5.74) is 9.11. The van der Waals surface area contributed by atoms with E-state index in [2.05, 4.69) is 41.5 Å². The van der Waals surface area contributed by atoms with E-state index < -0.39 is 0 Å². The zero-order valence-electron chi connectivity index (χ0n) is 20.9. The van der Waals surface area contributed by atoms with Gasteiger partial charge in [-0.3, -0.25) is 9.69 Å². The van der Waals surface area contributed by atoms with Gasteiger partial charge in [0.2, 0.25) is 11.9 Å². The lowest BCUT2D eigenvalue weighted by Gasteiger charge is -2.35. The molecule has 1 saturated heterocycles. The molecule has 0 unspecified atom stereocenters. The van der Waals surface area contributed by atoms with Gasteiger partial charge in [-0.15, -0.1) is 0 Å². The maximum atomic E-state index is 13.2. The van der Waals surface area contributed by atoms with Crippen LogP contribution in [0.25, 0.3) is 22.0 Å². The van der Waals surface area contributed by atoms with Crippen LogP contribution in [0, 0.1) is 0 Å². The molecule has 0 saturated carbocycles. The first-order chi connectivity index (χ1) is 18.0. The van der Waals surface area contributed by atoms with Gasteiger partial charge in [-0.1, -0.05) is 6.07 Å². The molecule has 0 bridgehead atoms. The van der Waals surface area contributed by atoms with Crippen LogP contribution in [0.3, 0.4) is 0 Å². The first-order valence-electron chi connectivity index (χ1n) is 12.1. The molecule has 37 heavy (non-hydrogen) atoms. The van der Waals surface area contributed by atoms with E-state index in [0.29, 0.717) is 23.9 Å². The van der Waals surface area contributed by atoms with Crippen LogP contribution in [0.2, 0.25) is 0 Å². The molecule has 10 nitrogen and oxygen atoms in total. The smallest absolute Gasteiger partial charge is 0.238 e. The molecule has 10 heteroatoms. The fourth-order valence-electron chi connectivity index (χ4n) is 4.54. The number of nitrogens with one attached hydrogen (secondary N) is 2. The Hall–Kier alpha value is -4.44. The third kappa shape index (κ3) is 5.39. The van der Waals surface area contributed by atoms with E-state index >= 15 is 0 Å². The van der Waals surface area contributed by atoms with Gasteiger partial charge >= 0.3 is 0 Å². The Morgan fingerprint density at radius 2 is 1.89 bits per heavy atom. The number of rotatable bonds is 7. The van der Waals surface area contributed by atoms with Crippen molar-refractivity contribution in [3.8, 4) is 17.0 Å². The predicted octanol–water partition coefficient (Wildman–Crippen LogP) is 3.09. The van der Waals surface area contributed by atoms with E-state index in [4.69, 9.17) is 10.5 Å². The lowest BCUT2D eigenvalue weighted by molar-refractivity contribution is -0.117. The van der Waals surface area contributed by atoms with Crippen molar-refractivity contribution in [1.82, 2.24) is 19.9 Å². The van der Waals surface area contributed by atoms with Gasteiger partial charge in [0.15, 0.2) is 5.82 Å². The first kappa shape index (κ1) is 24.3. The van der Waals surface area contributed by atoms with Gasteiger partial charge in [0, 0.05) is 62.3 Å². The maximum Gasteiger partial charge on any atom is 0.238 e. The second-order valence-electron chi connectivity index (χ2n) is 8.85. The van der Waals surface area contributed by atoms with Crippen LogP contribution in [-0.4, -0.2) is 72.6 Å². The highest BCUT2D eigenvalue weighted by molar-refractivity contribution is 6.05. The Morgan fingerprint density at radius 3 is 2.65 bits per heavy atom. The number of ether oxygens (including phenoxy) is 1. The lowest BCUT2D eigenvalue weighted by atomic mass is 10.0. The van der Waals surface area contributed by atoms with Gasteiger partial charge in [0.25, 0.3) is 0 Å². The summed E-state index contributed by atoms with van der Waals surface area (Å²) in [6.07, 6.45) is 3.46. The van der Waals surface area contributed by atoms with Gasteiger partial charge in [-0.2, -0.15) is 0 Å². The number of carbonyl (C=O) groups is 1. The van der Waals surface area contributed by atoms with Crippen LogP contribution >= 0.6 is 0 Å². The summed E-state index contributed by atoms with van der Waals surface area (Å²) in [6, 6.07) is 15.4. The standard InChI is InChI=1S/C27H30N8O2/c1-29-27-31-9-7-23(33-27)19-14-18-5-6-20(37-2)16-21(18)24(15-19)32-25(36)17-34-10-12-35(13-11-34)26-22(28)4-3-8-30-26/h3-9,14-16H,10-13,17,28H2,1-2H3,(H,32,36)(H,29,31,33). The Kier molecular flexibility index (Phi) is 7.00. The Morgan fingerprint density at radius 1 is 1.05 bits per heavy atom. The molecule has 0 radical (unpaired) electrons. The third-order valence-electron chi connectivity index (χ3n) is 6.47. The van der Waals surface area contributed by atoms with Crippen molar-refractivity contribution in [2.24, 2.45) is 0 Å². The molecule has 2 aromatic carbocycles. The van der Waals surface area contributed by atoms with Crippen molar-refractivity contribution >= 4 is 39.8 Å². The molecule has 1 amide bonds. The molecule has 1 aliphatic heterocycles. The molecular weight excluding hydrogens is 468 g/mol. The van der Waals surface area contributed by atoms with Crippen LogP contribution < -0.4 is 26.0 Å². The summed E-state index contributed by atoms with van der Waals surface area (Å²) in [6.45, 7) is 3.29. The Labute approximate surface area is 215 Å². The third-order valence-corrected chi connectivity index (χ3v) is 6.47. The Balaban J connectivity index is 1.34. The number of fused-ring (bicyclic) bond motifs is 1. The maximum absolute atomic E-state index is 13.2. The number of piperazine rings is 1. The van der Waals surface area contributed by atoms with E-state index in [1.807, 2.05) is 42.5 Å². The molecule has 1 aliphatic rings. The number of nitrogens with zero attached hydrogens (tertiary/aromatic N) is 5. The fourth-order valence-corrected chi connectivity index (χ4v) is 4.54. The van der Waals surface area contributed by atoms with E-state index in [-0.39, 0.29) is 5.91 Å². The second kappa shape index (κ2) is 10.7. The molecule has 0 spiro atoms. The van der Waals surface area contributed by atoms with Crippen LogP contribution in [-0.2, 0) is 4.79 Å². The van der Waals surface area contributed by atoms with Crippen molar-refractivity contribution in [2.45, 2.75) is 0 Å². The zero-order valence-corrected chi connectivity index (χ0v) is 20.9. The van der Waals surface area contributed by atoms with Crippen molar-refractivity contribution in [3.63, 3.8) is 0 Å². The van der Waals surface area contributed by atoms with Gasteiger partial charge in [0.1, 0.15) is 5.75 Å². The highest BCUT2D eigenvalue weighted by atomic mass is 16.5. The van der Waals surface area contributed by atoms with Crippen LogP contribution in [0.1, 0.15) is 0 Å². The molecule has 190 valence electrons. The van der Waals surface area contributed by atoms with Crippen molar-refractivity contribution in [2.75, 3.05) is 68.1 Å². The number of nitrogens with two attached hydrogens (primary N) is 1. The first-order valence-corrected chi connectivity index (χ1v) is 12.1. The van der Waals surface area contributed by atoms with E-state index in [0.717, 1.165) is 59.8 Å². The minimum absolute atomic E-state index is 0.0781. The van der Waals surface area contributed by atoms with Crippen LogP contribution in [0.4, 0.5) is 23.1 Å². The van der Waals surface area contributed by atoms with Crippen molar-refractivity contribution in [1.29, 1.82) is 0 Å². The highest BCUT2D eigenvalue weighted by Gasteiger charge is 2.21. The van der Waals surface area contributed by atoms with Gasteiger partial charge < -0.3 is 26.0 Å². The Bertz CT molecular complexity index is 1420. The monoisotopic (exact) mass is 498 g/mol. The average molecular weight is 499 g/mol. The SMILES string of the molecule is CNc1nccc(-c2cc(NC(=O)CN3CCN(c4ncccc4N)CC3)c3cc(OC)ccc3c2)n1. The molecule has 3 heterocycles. The second-order valence-corrected chi connectivity index (χ2v) is 8.85. The van der Waals surface area contributed by atoms with E-state index in [1.54, 1.807) is 26.6 Å². The minimum Gasteiger partial charge on any atom is -0.497 e. The fraction of sp³-hybridized carbons (Fsp3) is 0.259. The number of anilines is 4. The van der Waals surface area contributed by atoms with Crippen LogP contribution in [0.5, 0.6) is 5.75 Å². The van der Waals surface area contributed by atoms with Crippen molar-refractivity contribution in [3.05, 3.63) is 60.9 Å².